The maximum atomic E-state index is 5.51. The van der Waals surface area contributed by atoms with Crippen molar-refractivity contribution in [1.82, 2.24) is 5.43 Å². The number of nitrogens with one attached hydrogen (secondary N) is 1. The largest absolute Gasteiger partial charge is 0.375 e. The summed E-state index contributed by atoms with van der Waals surface area (Å²) in [5, 5.41) is 4.66. The highest BCUT2D eigenvalue weighted by atomic mass is 32.1. The van der Waals surface area contributed by atoms with Crippen LogP contribution >= 0.6 is 12.2 Å². The molecule has 0 amide bonds. The average Bonchev–Trinajstić information content (AvgIpc) is 2.48. The number of hydrogen-bond acceptors (Lipinski definition) is 2. The number of nitrogens with two attached hydrogens (primary N) is 1. The normalized spacial score (nSPS) is 18.6. The molecule has 3 N–H and O–H groups in total. The molecule has 4 heteroatoms. The molecule has 112 valence electrons. The number of benzene rings is 1. The van der Waals surface area contributed by atoms with Crippen molar-refractivity contribution < 1.29 is 0 Å². The highest BCUT2D eigenvalue weighted by Gasteiger charge is 2.31. The van der Waals surface area contributed by atoms with Gasteiger partial charge in [0, 0.05) is 5.41 Å². The van der Waals surface area contributed by atoms with E-state index in [2.05, 4.69) is 41.7 Å². The third-order valence-electron chi connectivity index (χ3n) is 4.10. The summed E-state index contributed by atoms with van der Waals surface area (Å²) in [5.41, 5.74) is 10.6. The molecule has 0 radical (unpaired) electrons. The van der Waals surface area contributed by atoms with Gasteiger partial charge in [-0.1, -0.05) is 62.6 Å². The maximum absolute atomic E-state index is 5.51. The molecule has 21 heavy (non-hydrogen) atoms. The van der Waals surface area contributed by atoms with Crippen LogP contribution in [0.25, 0.3) is 6.08 Å². The van der Waals surface area contributed by atoms with Crippen LogP contribution in [0.2, 0.25) is 0 Å². The van der Waals surface area contributed by atoms with Gasteiger partial charge in [0.15, 0.2) is 5.11 Å². The molecule has 0 unspecified atom stereocenters. The standard InChI is InChI=1S/C17H23N3S/c1-17(12-6-3-7-13-17)15(19-20-16(18)21)11-10-14-8-4-2-5-9-14/h2,4-5,8-11H,3,6-7,12-13H2,1H3,(H3,18,20,21)/b11-10+,19-15+. The Morgan fingerprint density at radius 1 is 1.24 bits per heavy atom. The number of hydrogen-bond donors (Lipinski definition) is 2. The molecule has 0 aliphatic heterocycles. The van der Waals surface area contributed by atoms with E-state index in [4.69, 9.17) is 18.0 Å². The van der Waals surface area contributed by atoms with E-state index in [0.717, 1.165) is 18.6 Å². The maximum Gasteiger partial charge on any atom is 0.184 e. The number of allylic oxidation sites excluding steroid dienone is 1. The van der Waals surface area contributed by atoms with Crippen LogP contribution in [0.4, 0.5) is 0 Å². The fourth-order valence-corrected chi connectivity index (χ4v) is 2.86. The van der Waals surface area contributed by atoms with Crippen molar-refractivity contribution >= 4 is 29.1 Å². The SMILES string of the molecule is CC1(C(/C=C/c2ccccc2)=N/NC(N)=S)CCCCC1. The molecule has 0 bridgehead atoms. The van der Waals surface area contributed by atoms with Gasteiger partial charge in [-0.2, -0.15) is 5.10 Å². The Labute approximate surface area is 132 Å². The van der Waals surface area contributed by atoms with Crippen LogP contribution in [0.15, 0.2) is 41.5 Å². The highest BCUT2D eigenvalue weighted by Crippen LogP contribution is 2.37. The van der Waals surface area contributed by atoms with Crippen LogP contribution in [-0.4, -0.2) is 10.8 Å². The van der Waals surface area contributed by atoms with E-state index >= 15 is 0 Å². The molecule has 1 aliphatic rings. The lowest BCUT2D eigenvalue weighted by atomic mass is 9.72. The third kappa shape index (κ3) is 4.67. The van der Waals surface area contributed by atoms with Gasteiger partial charge in [-0.3, -0.25) is 5.43 Å². The van der Waals surface area contributed by atoms with E-state index in [1.165, 1.54) is 24.8 Å². The molecule has 2 rings (SSSR count). The van der Waals surface area contributed by atoms with E-state index in [9.17, 15) is 0 Å². The first-order valence-corrected chi connectivity index (χ1v) is 7.88. The summed E-state index contributed by atoms with van der Waals surface area (Å²) < 4.78 is 0. The molecule has 0 heterocycles. The minimum absolute atomic E-state index is 0.0985. The summed E-state index contributed by atoms with van der Waals surface area (Å²) in [4.78, 5) is 0. The molecular weight excluding hydrogens is 278 g/mol. The van der Waals surface area contributed by atoms with E-state index in [0.29, 0.717) is 0 Å². The van der Waals surface area contributed by atoms with Gasteiger partial charge in [-0.05, 0) is 36.7 Å². The van der Waals surface area contributed by atoms with Crippen molar-refractivity contribution in [3.05, 3.63) is 42.0 Å². The summed E-state index contributed by atoms with van der Waals surface area (Å²) >= 11 is 4.86. The molecule has 1 saturated carbocycles. The van der Waals surface area contributed by atoms with Gasteiger partial charge in [0.2, 0.25) is 0 Å². The topological polar surface area (TPSA) is 50.4 Å². The minimum atomic E-state index is 0.0985. The van der Waals surface area contributed by atoms with E-state index in [-0.39, 0.29) is 10.5 Å². The zero-order valence-corrected chi connectivity index (χ0v) is 13.3. The van der Waals surface area contributed by atoms with Crippen molar-refractivity contribution in [3.8, 4) is 0 Å². The number of nitrogens with zero attached hydrogens (tertiary/aromatic N) is 1. The Hall–Kier alpha value is -1.68. The van der Waals surface area contributed by atoms with Gasteiger partial charge in [0.05, 0.1) is 5.71 Å². The first kappa shape index (κ1) is 15.7. The van der Waals surface area contributed by atoms with Crippen LogP contribution in [0, 0.1) is 5.41 Å². The van der Waals surface area contributed by atoms with Gasteiger partial charge in [0.1, 0.15) is 0 Å². The van der Waals surface area contributed by atoms with Crippen LogP contribution in [0.3, 0.4) is 0 Å². The Morgan fingerprint density at radius 2 is 1.90 bits per heavy atom. The number of hydrazone groups is 1. The summed E-state index contributed by atoms with van der Waals surface area (Å²) in [6.45, 7) is 2.28. The highest BCUT2D eigenvalue weighted by molar-refractivity contribution is 7.80. The van der Waals surface area contributed by atoms with Gasteiger partial charge < -0.3 is 5.73 Å². The second-order valence-corrected chi connectivity index (χ2v) is 6.28. The predicted molar refractivity (Wildman–Crippen MR) is 94.0 cm³/mol. The minimum Gasteiger partial charge on any atom is -0.375 e. The molecule has 0 aromatic heterocycles. The number of thiocarbonyl (C=S) groups is 1. The van der Waals surface area contributed by atoms with Crippen molar-refractivity contribution in [3.63, 3.8) is 0 Å². The van der Waals surface area contributed by atoms with Gasteiger partial charge in [-0.25, -0.2) is 0 Å². The van der Waals surface area contributed by atoms with Crippen molar-refractivity contribution in [2.24, 2.45) is 16.3 Å². The lowest BCUT2D eigenvalue weighted by Gasteiger charge is -2.33. The van der Waals surface area contributed by atoms with Gasteiger partial charge >= 0.3 is 0 Å². The molecule has 1 fully saturated rings. The number of rotatable bonds is 4. The quantitative estimate of drug-likeness (QED) is 0.504. The van der Waals surface area contributed by atoms with Gasteiger partial charge in [-0.15, -0.1) is 0 Å². The monoisotopic (exact) mass is 301 g/mol. The lowest BCUT2D eigenvalue weighted by Crippen LogP contribution is -2.33. The Balaban J connectivity index is 2.21. The zero-order valence-electron chi connectivity index (χ0n) is 12.5. The Bertz CT molecular complexity index is 528. The Kier molecular flexibility index (Phi) is 5.51. The van der Waals surface area contributed by atoms with Crippen molar-refractivity contribution in [2.75, 3.05) is 0 Å². The lowest BCUT2D eigenvalue weighted by molar-refractivity contribution is 0.312. The molecule has 0 atom stereocenters. The molecule has 1 aliphatic carbocycles. The second-order valence-electron chi connectivity index (χ2n) is 5.84. The van der Waals surface area contributed by atoms with Crippen LogP contribution in [-0.2, 0) is 0 Å². The van der Waals surface area contributed by atoms with Gasteiger partial charge in [0.25, 0.3) is 0 Å². The summed E-state index contributed by atoms with van der Waals surface area (Å²) in [6.07, 6.45) is 10.3. The Morgan fingerprint density at radius 3 is 2.52 bits per heavy atom. The summed E-state index contributed by atoms with van der Waals surface area (Å²) in [6, 6.07) is 10.2. The van der Waals surface area contributed by atoms with Crippen LogP contribution < -0.4 is 11.2 Å². The predicted octanol–water partition coefficient (Wildman–Crippen LogP) is 3.86. The molecular formula is C17H23N3S. The molecule has 1 aromatic rings. The smallest absolute Gasteiger partial charge is 0.184 e. The molecule has 1 aromatic carbocycles. The van der Waals surface area contributed by atoms with E-state index in [1.807, 2.05) is 18.2 Å². The molecule has 0 spiro atoms. The van der Waals surface area contributed by atoms with Crippen LogP contribution in [0.5, 0.6) is 0 Å². The van der Waals surface area contributed by atoms with Crippen LogP contribution in [0.1, 0.15) is 44.6 Å². The van der Waals surface area contributed by atoms with E-state index in [1.54, 1.807) is 0 Å². The molecule has 3 nitrogen and oxygen atoms in total. The summed E-state index contributed by atoms with van der Waals surface area (Å²) in [7, 11) is 0. The third-order valence-corrected chi connectivity index (χ3v) is 4.19. The fraction of sp³-hybridized carbons (Fsp3) is 0.412. The van der Waals surface area contributed by atoms with Crippen molar-refractivity contribution in [1.29, 1.82) is 0 Å². The zero-order chi connectivity index (χ0) is 15.1. The van der Waals surface area contributed by atoms with E-state index < -0.39 is 0 Å². The fourth-order valence-electron chi connectivity index (χ4n) is 2.82. The first-order chi connectivity index (χ1) is 10.1. The second kappa shape index (κ2) is 7.36. The summed E-state index contributed by atoms with van der Waals surface area (Å²) in [5.74, 6) is 0. The van der Waals surface area contributed by atoms with Crippen molar-refractivity contribution in [2.45, 2.75) is 39.0 Å². The first-order valence-electron chi connectivity index (χ1n) is 7.47. The average molecular weight is 301 g/mol. The molecule has 0 saturated heterocycles.